The minimum absolute atomic E-state index is 0.0222. The molecule has 0 aliphatic carbocycles. The molecule has 35 heavy (non-hydrogen) atoms. The van der Waals surface area contributed by atoms with E-state index in [0.29, 0.717) is 16.2 Å². The van der Waals surface area contributed by atoms with Gasteiger partial charge >= 0.3 is 9.76 Å². The summed E-state index contributed by atoms with van der Waals surface area (Å²) < 4.78 is 15.9. The highest BCUT2D eigenvalue weighted by atomic mass is 28.2. The predicted molar refractivity (Wildman–Crippen MR) is 151 cm³/mol. The second-order valence-electron chi connectivity index (χ2n) is 10.2. The van der Waals surface area contributed by atoms with Crippen LogP contribution in [0.15, 0.2) is 0 Å². The van der Waals surface area contributed by atoms with Gasteiger partial charge < -0.3 is 13.9 Å². The fourth-order valence-electron chi connectivity index (χ4n) is 4.55. The van der Waals surface area contributed by atoms with E-state index in [4.69, 9.17) is 13.9 Å². The Morgan fingerprint density at radius 1 is 0.571 bits per heavy atom. The van der Waals surface area contributed by atoms with Crippen molar-refractivity contribution in [2.75, 3.05) is 14.2 Å². The lowest BCUT2D eigenvalue weighted by Crippen LogP contribution is -2.12. The first-order chi connectivity index (χ1) is 17.2. The van der Waals surface area contributed by atoms with Gasteiger partial charge in [0.05, 0.1) is 0 Å². The second-order valence-corrected chi connectivity index (χ2v) is 11.2. The molecule has 0 saturated carbocycles. The van der Waals surface area contributed by atoms with Gasteiger partial charge in [-0.2, -0.15) is 0 Å². The molecule has 0 saturated heterocycles. The summed E-state index contributed by atoms with van der Waals surface area (Å²) in [6, 6.07) is 1.06. The van der Waals surface area contributed by atoms with Crippen molar-refractivity contribution in [2.24, 2.45) is 0 Å². The average molecular weight is 513 g/mol. The lowest BCUT2D eigenvalue weighted by Gasteiger charge is -2.12. The fraction of sp³-hybridized carbons (Fsp3) is 0.967. The lowest BCUT2D eigenvalue weighted by molar-refractivity contribution is -0.134. The molecule has 0 N–H and O–H groups in total. The Hall–Kier alpha value is -0.393. The van der Waals surface area contributed by atoms with Crippen molar-refractivity contribution in [1.82, 2.24) is 0 Å². The normalized spacial score (nSPS) is 11.4. The molecule has 0 aromatic rings. The van der Waals surface area contributed by atoms with Gasteiger partial charge in [-0.05, 0) is 25.3 Å². The summed E-state index contributed by atoms with van der Waals surface area (Å²) in [6.45, 7) is 2.26. The number of hydrogen-bond acceptors (Lipinski definition) is 4. The number of methoxy groups -OCH3 is 2. The van der Waals surface area contributed by atoms with Gasteiger partial charge in [0.2, 0.25) is 0 Å². The van der Waals surface area contributed by atoms with Crippen molar-refractivity contribution in [3.63, 3.8) is 0 Å². The maximum absolute atomic E-state index is 11.8. The molecule has 0 fully saturated rings. The zero-order chi connectivity index (χ0) is 25.7. The minimum atomic E-state index is -0.0222. The molecular weight excluding hydrogens is 452 g/mol. The molecule has 4 nitrogen and oxygen atoms in total. The number of hydrogen-bond donors (Lipinski definition) is 0. The molecule has 0 bridgehead atoms. The number of unbranched alkanes of at least 4 members (excludes halogenated alkanes) is 20. The third kappa shape index (κ3) is 28.0. The van der Waals surface area contributed by atoms with E-state index in [1.165, 1.54) is 135 Å². The molecule has 0 unspecified atom stereocenters. The number of rotatable bonds is 29. The average Bonchev–Trinajstić information content (AvgIpc) is 2.87. The van der Waals surface area contributed by atoms with Gasteiger partial charge in [-0.1, -0.05) is 135 Å². The fourth-order valence-corrected chi connectivity index (χ4v) is 5.31. The highest BCUT2D eigenvalue weighted by molar-refractivity contribution is 6.30. The highest BCUT2D eigenvalue weighted by Gasteiger charge is 2.05. The van der Waals surface area contributed by atoms with E-state index in [9.17, 15) is 4.79 Å². The molecular formula is C30H60O4Si. The minimum Gasteiger partial charge on any atom is -0.516 e. The Kier molecular flexibility index (Phi) is 29.5. The maximum Gasteiger partial charge on any atom is 0.314 e. The summed E-state index contributed by atoms with van der Waals surface area (Å²) >= 11 is 0. The van der Waals surface area contributed by atoms with Crippen LogP contribution in [0, 0.1) is 0 Å². The van der Waals surface area contributed by atoms with E-state index in [0.717, 1.165) is 18.9 Å². The summed E-state index contributed by atoms with van der Waals surface area (Å²) in [7, 11) is 3.81. The topological polar surface area (TPSA) is 44.8 Å². The number of carbonyl (C=O) groups excluding carboxylic acids is 1. The van der Waals surface area contributed by atoms with Crippen LogP contribution in [-0.4, -0.2) is 36.2 Å². The van der Waals surface area contributed by atoms with Gasteiger partial charge in [0.15, 0.2) is 6.29 Å². The summed E-state index contributed by atoms with van der Waals surface area (Å²) in [5, 5.41) is 0. The second kappa shape index (κ2) is 29.8. The first-order valence-corrected chi connectivity index (χ1v) is 16.3. The molecule has 0 aromatic heterocycles. The maximum atomic E-state index is 11.8. The van der Waals surface area contributed by atoms with E-state index >= 15 is 0 Å². The van der Waals surface area contributed by atoms with Crippen molar-refractivity contribution in [3.8, 4) is 0 Å². The third-order valence-electron chi connectivity index (χ3n) is 6.91. The van der Waals surface area contributed by atoms with E-state index in [2.05, 4.69) is 6.92 Å². The molecule has 0 aliphatic rings. The standard InChI is InChI=1S/C30H60O4Si/c1-4-5-6-7-8-19-22-25-28-35-34-29(31)26-23-20-17-15-13-11-9-10-12-14-16-18-21-24-27-30(32-2)33-3/h30H,4-28H2,1-3H3. The highest BCUT2D eigenvalue weighted by Crippen LogP contribution is 2.15. The van der Waals surface area contributed by atoms with Crippen LogP contribution in [-0.2, 0) is 18.7 Å². The Labute approximate surface area is 222 Å². The summed E-state index contributed by atoms with van der Waals surface area (Å²) in [5.41, 5.74) is 0. The molecule has 0 spiro atoms. The first-order valence-electron chi connectivity index (χ1n) is 15.2. The molecule has 0 amide bonds. The molecule has 5 heteroatoms. The van der Waals surface area contributed by atoms with E-state index in [-0.39, 0.29) is 12.3 Å². The van der Waals surface area contributed by atoms with Crippen LogP contribution in [0.3, 0.4) is 0 Å². The molecule has 0 aliphatic heterocycles. The van der Waals surface area contributed by atoms with Crippen molar-refractivity contribution >= 4 is 15.7 Å². The van der Waals surface area contributed by atoms with Gasteiger partial charge in [-0.3, -0.25) is 4.79 Å². The zero-order valence-electron chi connectivity index (χ0n) is 23.9. The lowest BCUT2D eigenvalue weighted by atomic mass is 10.0. The molecule has 208 valence electrons. The van der Waals surface area contributed by atoms with Gasteiger partial charge in [-0.15, -0.1) is 0 Å². The predicted octanol–water partition coefficient (Wildman–Crippen LogP) is 9.57. The van der Waals surface area contributed by atoms with Crippen molar-refractivity contribution in [1.29, 1.82) is 0 Å². The van der Waals surface area contributed by atoms with E-state index < -0.39 is 0 Å². The van der Waals surface area contributed by atoms with Crippen LogP contribution in [0.4, 0.5) is 0 Å². The van der Waals surface area contributed by atoms with Crippen LogP contribution in [0.25, 0.3) is 0 Å². The van der Waals surface area contributed by atoms with Gasteiger partial charge in [-0.25, -0.2) is 0 Å². The Morgan fingerprint density at radius 3 is 1.43 bits per heavy atom. The molecule has 2 radical (unpaired) electrons. The Morgan fingerprint density at radius 2 is 0.971 bits per heavy atom. The van der Waals surface area contributed by atoms with Crippen molar-refractivity contribution < 1.29 is 18.7 Å². The van der Waals surface area contributed by atoms with Crippen LogP contribution in [0.5, 0.6) is 0 Å². The van der Waals surface area contributed by atoms with Crippen molar-refractivity contribution in [2.45, 2.75) is 173 Å². The Bertz CT molecular complexity index is 415. The third-order valence-corrected chi connectivity index (χ3v) is 7.84. The van der Waals surface area contributed by atoms with Gasteiger partial charge in [0, 0.05) is 20.6 Å². The van der Waals surface area contributed by atoms with Crippen LogP contribution < -0.4 is 0 Å². The number of ether oxygens (including phenoxy) is 2. The van der Waals surface area contributed by atoms with Gasteiger partial charge in [0.1, 0.15) is 0 Å². The zero-order valence-corrected chi connectivity index (χ0v) is 24.9. The molecule has 0 rings (SSSR count). The molecule has 0 atom stereocenters. The van der Waals surface area contributed by atoms with Gasteiger partial charge in [0.25, 0.3) is 5.97 Å². The summed E-state index contributed by atoms with van der Waals surface area (Å²) in [6.07, 6.45) is 30.5. The molecule has 0 aromatic carbocycles. The number of carbonyl (C=O) groups is 1. The Balaban J connectivity index is 3.17. The smallest absolute Gasteiger partial charge is 0.314 e. The van der Waals surface area contributed by atoms with Crippen molar-refractivity contribution in [3.05, 3.63) is 0 Å². The first kappa shape index (κ1) is 34.6. The van der Waals surface area contributed by atoms with E-state index in [1.54, 1.807) is 14.2 Å². The van der Waals surface area contributed by atoms with Crippen LogP contribution in [0.1, 0.15) is 161 Å². The summed E-state index contributed by atoms with van der Waals surface area (Å²) in [4.78, 5) is 11.8. The summed E-state index contributed by atoms with van der Waals surface area (Å²) in [5.74, 6) is 0.0250. The molecule has 0 heterocycles. The SMILES string of the molecule is CCCCCCCCCC[Si]OC(=O)CCCCCCCCCCCCCCCCC(OC)OC. The van der Waals surface area contributed by atoms with Crippen LogP contribution in [0.2, 0.25) is 6.04 Å². The quantitative estimate of drug-likeness (QED) is 0.0568. The largest absolute Gasteiger partial charge is 0.516 e. The monoisotopic (exact) mass is 512 g/mol. The van der Waals surface area contributed by atoms with E-state index in [1.807, 2.05) is 0 Å². The van der Waals surface area contributed by atoms with Crippen LogP contribution >= 0.6 is 0 Å².